The molecule has 2 aromatic carbocycles. The van der Waals surface area contributed by atoms with Crippen LogP contribution in [-0.4, -0.2) is 34.0 Å². The van der Waals surface area contributed by atoms with Crippen molar-refractivity contribution in [1.29, 1.82) is 0 Å². The van der Waals surface area contributed by atoms with Crippen molar-refractivity contribution in [3.8, 4) is 0 Å². The first kappa shape index (κ1) is 19.9. The number of hydrogen-bond acceptors (Lipinski definition) is 5. The van der Waals surface area contributed by atoms with Gasteiger partial charge in [-0.05, 0) is 31.5 Å². The van der Waals surface area contributed by atoms with Crippen LogP contribution in [0.25, 0.3) is 0 Å². The molecule has 0 aliphatic rings. The van der Waals surface area contributed by atoms with Crippen molar-refractivity contribution in [2.75, 3.05) is 5.32 Å². The molecule has 0 aliphatic heterocycles. The number of carboxylic acid groups (broad SMARTS) is 1. The minimum atomic E-state index is -1.13. The molecule has 2 aromatic rings. The summed E-state index contributed by atoms with van der Waals surface area (Å²) in [5, 5.41) is 26.3. The minimum absolute atomic E-state index is 0.0458. The highest BCUT2D eigenvalue weighted by atomic mass is 16.6. The van der Waals surface area contributed by atoms with Crippen molar-refractivity contribution < 1.29 is 19.6 Å². The number of carbonyl (C=O) groups excluding carboxylic acids is 1. The first-order chi connectivity index (χ1) is 12.8. The van der Waals surface area contributed by atoms with Crippen molar-refractivity contribution in [2.24, 2.45) is 0 Å². The van der Waals surface area contributed by atoms with Crippen molar-refractivity contribution >= 4 is 23.3 Å². The lowest BCUT2D eigenvalue weighted by molar-refractivity contribution is -0.384. The maximum atomic E-state index is 12.1. The Morgan fingerprint density at radius 3 is 2.37 bits per heavy atom. The van der Waals surface area contributed by atoms with Crippen molar-refractivity contribution in [3.63, 3.8) is 0 Å². The number of hydrogen-bond donors (Lipinski definition) is 3. The van der Waals surface area contributed by atoms with E-state index in [4.69, 9.17) is 0 Å². The van der Waals surface area contributed by atoms with E-state index >= 15 is 0 Å². The van der Waals surface area contributed by atoms with Gasteiger partial charge in [0.1, 0.15) is 11.7 Å². The number of nitro benzene ring substituents is 1. The fourth-order valence-electron chi connectivity index (χ4n) is 2.53. The van der Waals surface area contributed by atoms with E-state index in [1.807, 2.05) is 6.07 Å². The van der Waals surface area contributed by atoms with E-state index in [2.05, 4.69) is 10.6 Å². The Labute approximate surface area is 156 Å². The van der Waals surface area contributed by atoms with Gasteiger partial charge in [-0.2, -0.15) is 0 Å². The lowest BCUT2D eigenvalue weighted by atomic mass is 10.0. The molecule has 3 N–H and O–H groups in total. The summed E-state index contributed by atoms with van der Waals surface area (Å²) in [4.78, 5) is 34.4. The number of amides is 1. The van der Waals surface area contributed by atoms with Crippen LogP contribution in [0.15, 0.2) is 48.5 Å². The third kappa shape index (κ3) is 5.53. The van der Waals surface area contributed by atoms with E-state index in [-0.39, 0.29) is 29.4 Å². The molecule has 8 nitrogen and oxygen atoms in total. The molecule has 0 heterocycles. The van der Waals surface area contributed by atoms with E-state index in [0.29, 0.717) is 0 Å². The Morgan fingerprint density at radius 2 is 1.81 bits per heavy atom. The summed E-state index contributed by atoms with van der Waals surface area (Å²) in [7, 11) is 0. The van der Waals surface area contributed by atoms with Crippen LogP contribution < -0.4 is 10.6 Å². The molecule has 0 saturated carbocycles. The van der Waals surface area contributed by atoms with Gasteiger partial charge in [0.2, 0.25) is 0 Å². The highest BCUT2D eigenvalue weighted by Crippen LogP contribution is 2.27. The quantitative estimate of drug-likeness (QED) is 0.484. The average molecular weight is 371 g/mol. The molecule has 0 radical (unpaired) electrons. The average Bonchev–Trinajstić information content (AvgIpc) is 2.61. The molecule has 0 saturated heterocycles. The molecule has 0 aromatic heterocycles. The number of nitrogens with one attached hydrogen (secondary N) is 2. The van der Waals surface area contributed by atoms with Gasteiger partial charge in [-0.3, -0.25) is 14.9 Å². The van der Waals surface area contributed by atoms with Crippen LogP contribution in [0.3, 0.4) is 0 Å². The second kappa shape index (κ2) is 8.79. The van der Waals surface area contributed by atoms with Gasteiger partial charge in [0.25, 0.3) is 11.6 Å². The number of nitrogens with zero attached hydrogens (tertiary/aromatic N) is 1. The molecule has 142 valence electrons. The number of carboxylic acids is 1. The number of carbonyl (C=O) groups is 2. The highest BCUT2D eigenvalue weighted by molar-refractivity contribution is 5.96. The predicted octanol–water partition coefficient (Wildman–Crippen LogP) is 2.84. The van der Waals surface area contributed by atoms with Crippen LogP contribution >= 0.6 is 0 Å². The number of nitro groups is 1. The standard InChI is InChI=1S/C19H21N3O5/c1-12(2)20-18(23)14-8-9-15(17(11-14)22(26)27)21-16(19(24)25)10-13-6-4-3-5-7-13/h3-9,11-12,16,21H,10H2,1-2H3,(H,20,23)(H,24,25)/t16-/m0/s1. The zero-order valence-electron chi connectivity index (χ0n) is 15.0. The maximum absolute atomic E-state index is 12.1. The van der Waals surface area contributed by atoms with E-state index in [1.54, 1.807) is 38.1 Å². The fourth-order valence-corrected chi connectivity index (χ4v) is 2.53. The van der Waals surface area contributed by atoms with Crippen LogP contribution in [0.4, 0.5) is 11.4 Å². The van der Waals surface area contributed by atoms with Crippen LogP contribution in [0.5, 0.6) is 0 Å². The zero-order valence-corrected chi connectivity index (χ0v) is 15.0. The van der Waals surface area contributed by atoms with Crippen molar-refractivity contribution in [2.45, 2.75) is 32.4 Å². The monoisotopic (exact) mass is 371 g/mol. The van der Waals surface area contributed by atoms with E-state index < -0.39 is 22.8 Å². The third-order valence-corrected chi connectivity index (χ3v) is 3.79. The van der Waals surface area contributed by atoms with Crippen LogP contribution in [0.2, 0.25) is 0 Å². The van der Waals surface area contributed by atoms with Gasteiger partial charge in [0.05, 0.1) is 4.92 Å². The SMILES string of the molecule is CC(C)NC(=O)c1ccc(N[C@@H](Cc2ccccc2)C(=O)O)c([N+](=O)[O-])c1. The normalized spacial score (nSPS) is 11.7. The molecule has 0 spiro atoms. The first-order valence-electron chi connectivity index (χ1n) is 8.40. The number of benzene rings is 2. The second-order valence-electron chi connectivity index (χ2n) is 6.34. The van der Waals surface area contributed by atoms with Gasteiger partial charge in [-0.25, -0.2) is 4.79 Å². The Kier molecular flexibility index (Phi) is 6.48. The van der Waals surface area contributed by atoms with Crippen LogP contribution in [0.1, 0.15) is 29.8 Å². The lowest BCUT2D eigenvalue weighted by Gasteiger charge is -2.16. The molecular weight excluding hydrogens is 350 g/mol. The highest BCUT2D eigenvalue weighted by Gasteiger charge is 2.24. The zero-order chi connectivity index (χ0) is 20.0. The van der Waals surface area contributed by atoms with Crippen molar-refractivity contribution in [3.05, 3.63) is 69.8 Å². The molecule has 1 atom stereocenters. The van der Waals surface area contributed by atoms with Gasteiger partial charge in [-0.1, -0.05) is 30.3 Å². The fraction of sp³-hybridized carbons (Fsp3) is 0.263. The topological polar surface area (TPSA) is 122 Å². The minimum Gasteiger partial charge on any atom is -0.480 e. The summed E-state index contributed by atoms with van der Waals surface area (Å²) in [6.45, 7) is 3.56. The second-order valence-corrected chi connectivity index (χ2v) is 6.34. The number of aliphatic carboxylic acids is 1. The summed E-state index contributed by atoms with van der Waals surface area (Å²) in [5.74, 6) is -1.56. The Bertz CT molecular complexity index is 836. The summed E-state index contributed by atoms with van der Waals surface area (Å²) < 4.78 is 0. The number of rotatable bonds is 8. The van der Waals surface area contributed by atoms with E-state index in [1.165, 1.54) is 12.1 Å². The largest absolute Gasteiger partial charge is 0.480 e. The molecule has 27 heavy (non-hydrogen) atoms. The Balaban J connectivity index is 2.28. The van der Waals surface area contributed by atoms with Gasteiger partial charge >= 0.3 is 5.97 Å². The van der Waals surface area contributed by atoms with Gasteiger partial charge in [-0.15, -0.1) is 0 Å². The summed E-state index contributed by atoms with van der Waals surface area (Å²) in [5.41, 5.74) is 0.610. The van der Waals surface area contributed by atoms with E-state index in [0.717, 1.165) is 11.6 Å². The summed E-state index contributed by atoms with van der Waals surface area (Å²) in [6, 6.07) is 11.7. The molecule has 2 rings (SSSR count). The lowest BCUT2D eigenvalue weighted by Crippen LogP contribution is -2.32. The van der Waals surface area contributed by atoms with Crippen LogP contribution in [-0.2, 0) is 11.2 Å². The summed E-state index contributed by atoms with van der Waals surface area (Å²) in [6.07, 6.45) is 0.156. The third-order valence-electron chi connectivity index (χ3n) is 3.79. The van der Waals surface area contributed by atoms with E-state index in [9.17, 15) is 24.8 Å². The molecule has 0 unspecified atom stereocenters. The maximum Gasteiger partial charge on any atom is 0.326 e. The smallest absolute Gasteiger partial charge is 0.326 e. The van der Waals surface area contributed by atoms with Crippen LogP contribution in [0, 0.1) is 10.1 Å². The summed E-state index contributed by atoms with van der Waals surface area (Å²) >= 11 is 0. The molecule has 1 amide bonds. The van der Waals surface area contributed by atoms with Gasteiger partial charge in [0.15, 0.2) is 0 Å². The number of anilines is 1. The van der Waals surface area contributed by atoms with Gasteiger partial charge in [0, 0.05) is 24.1 Å². The molecular formula is C19H21N3O5. The van der Waals surface area contributed by atoms with Gasteiger partial charge < -0.3 is 15.7 Å². The Hall–Kier alpha value is -3.42. The molecule has 0 aliphatic carbocycles. The predicted molar refractivity (Wildman–Crippen MR) is 101 cm³/mol. The molecule has 8 heteroatoms. The molecule has 0 fully saturated rings. The molecule has 0 bridgehead atoms. The first-order valence-corrected chi connectivity index (χ1v) is 8.40. The van der Waals surface area contributed by atoms with Crippen molar-refractivity contribution in [1.82, 2.24) is 5.32 Å². The Morgan fingerprint density at radius 1 is 1.15 bits per heavy atom.